The lowest BCUT2D eigenvalue weighted by Gasteiger charge is -2.36. The van der Waals surface area contributed by atoms with E-state index >= 15 is 0 Å². The molecule has 3 saturated heterocycles. The number of fused-ring (bicyclic) bond motifs is 2. The predicted molar refractivity (Wildman–Crippen MR) is 221 cm³/mol. The number of aryl methyl sites for hydroxylation is 2. The van der Waals surface area contributed by atoms with Crippen LogP contribution in [0.4, 0.5) is 29.1 Å². The van der Waals surface area contributed by atoms with Crippen molar-refractivity contribution in [3.63, 3.8) is 0 Å². The molecule has 0 N–H and O–H groups in total. The van der Waals surface area contributed by atoms with Crippen molar-refractivity contribution in [1.82, 2.24) is 19.9 Å². The number of halogens is 3. The van der Waals surface area contributed by atoms with Gasteiger partial charge in [-0.2, -0.15) is 9.97 Å². The Morgan fingerprint density at radius 1 is 0.611 bits per heavy atom. The minimum atomic E-state index is -1.05. The summed E-state index contributed by atoms with van der Waals surface area (Å²) in [5, 5.41) is 1.85. The Balaban J connectivity index is 0.000000157. The first kappa shape index (κ1) is 37.7. The van der Waals surface area contributed by atoms with Crippen LogP contribution in [0.5, 0.6) is 0 Å². The summed E-state index contributed by atoms with van der Waals surface area (Å²) < 4.78 is 24.6. The fourth-order valence-electron chi connectivity index (χ4n) is 7.96. The monoisotopic (exact) mass is 827 g/mol. The van der Waals surface area contributed by atoms with E-state index in [1.807, 2.05) is 36.4 Å². The molecule has 0 radical (unpaired) electrons. The summed E-state index contributed by atoms with van der Waals surface area (Å²) in [6.45, 7) is 10.2. The van der Waals surface area contributed by atoms with Crippen molar-refractivity contribution in [3.8, 4) is 0 Å². The molecule has 5 aliphatic rings. The van der Waals surface area contributed by atoms with Crippen molar-refractivity contribution in [2.45, 2.75) is 54.9 Å². The highest BCUT2D eigenvalue weighted by molar-refractivity contribution is 7.85. The topological polar surface area (TPSA) is 102 Å². The molecule has 7 heterocycles. The fourth-order valence-corrected chi connectivity index (χ4v) is 11.2. The third kappa shape index (κ3) is 7.89. The van der Waals surface area contributed by atoms with Gasteiger partial charge >= 0.3 is 0 Å². The van der Waals surface area contributed by atoms with E-state index in [1.165, 1.54) is 24.2 Å². The third-order valence-electron chi connectivity index (χ3n) is 10.9. The number of nitrogens with zero attached hydrogens (tertiary/aromatic N) is 9. The molecule has 0 bridgehead atoms. The lowest BCUT2D eigenvalue weighted by molar-refractivity contribution is 0.621. The summed E-state index contributed by atoms with van der Waals surface area (Å²) in [6, 6.07) is 16.4. The minimum absolute atomic E-state index is 0.339. The molecule has 0 aliphatic carbocycles. The van der Waals surface area contributed by atoms with Crippen molar-refractivity contribution in [2.75, 3.05) is 94.9 Å². The maximum atomic E-state index is 12.7. The molecule has 0 saturated carbocycles. The van der Waals surface area contributed by atoms with Gasteiger partial charge in [-0.05, 0) is 67.8 Å². The summed E-state index contributed by atoms with van der Waals surface area (Å²) in [6.07, 6.45) is 4.97. The molecule has 3 fully saturated rings. The van der Waals surface area contributed by atoms with Gasteiger partial charge in [0.05, 0.1) is 37.9 Å². The highest BCUT2D eigenvalue weighted by Gasteiger charge is 2.34. The van der Waals surface area contributed by atoms with E-state index in [-0.39, 0.29) is 0 Å². The molecule has 2 unspecified atom stereocenters. The normalized spacial score (nSPS) is 22.3. The Morgan fingerprint density at radius 2 is 1.07 bits per heavy atom. The lowest BCUT2D eigenvalue weighted by atomic mass is 10.1. The number of hydrogen-bond donors (Lipinski definition) is 0. The Labute approximate surface area is 336 Å². The summed E-state index contributed by atoms with van der Waals surface area (Å²) in [4.78, 5) is 31.9. The second kappa shape index (κ2) is 16.5. The molecule has 0 amide bonds. The second-order valence-corrected chi connectivity index (χ2v) is 18.4. The molecule has 0 spiro atoms. The van der Waals surface area contributed by atoms with Gasteiger partial charge in [0.25, 0.3) is 0 Å². The number of benzene rings is 2. The Morgan fingerprint density at radius 3 is 1.59 bits per heavy atom. The Bertz CT molecular complexity index is 2030. The van der Waals surface area contributed by atoms with E-state index < -0.39 is 21.6 Å². The standard InChI is InChI=1S/C22H28ClN5OS.C16H16Cl2N4OS/c1-2-17-4-3-10-28(17)21-20-19(9-15-30(20)29)24-22(25-21)27-13-11-26(12-14-27)18-7-5-16(23)6-8-18;17-11-1-3-12(4-2-11)21-6-8-22(9-7-21)16-19-13-5-10-24(23)14(13)15(18)20-16/h5-8,17H,2-4,9-15H2,1H3;1-4H,5-10H2/t17-,30?;/m1./s1. The van der Waals surface area contributed by atoms with Gasteiger partial charge in [0.15, 0.2) is 11.0 Å². The highest BCUT2D eigenvalue weighted by Crippen LogP contribution is 2.37. The van der Waals surface area contributed by atoms with Gasteiger partial charge in [-0.15, -0.1) is 0 Å². The van der Waals surface area contributed by atoms with Crippen LogP contribution in [0.1, 0.15) is 37.6 Å². The van der Waals surface area contributed by atoms with Gasteiger partial charge in [0, 0.05) is 111 Å². The lowest BCUT2D eigenvalue weighted by Crippen LogP contribution is -2.47. The van der Waals surface area contributed by atoms with Crippen LogP contribution in [0, 0.1) is 0 Å². The van der Waals surface area contributed by atoms with Gasteiger partial charge in [-0.3, -0.25) is 8.42 Å². The molecule has 16 heteroatoms. The molecule has 4 aromatic rings. The zero-order valence-electron chi connectivity index (χ0n) is 30.3. The van der Waals surface area contributed by atoms with Gasteiger partial charge in [-0.1, -0.05) is 41.7 Å². The number of anilines is 5. The molecular weight excluding hydrogens is 785 g/mol. The molecule has 9 rings (SSSR count). The molecule has 2 aromatic carbocycles. The second-order valence-electron chi connectivity index (χ2n) is 14.1. The molecule has 11 nitrogen and oxygen atoms in total. The average molecular weight is 829 g/mol. The number of hydrogen-bond acceptors (Lipinski definition) is 11. The first-order valence-corrected chi connectivity index (χ1v) is 22.5. The SMILES string of the molecule is CC[C@@H]1CCCN1c1nc(N2CCN(c3ccc(Cl)cc3)CC2)nc2c1S(=O)CC2.O=S1CCc2nc(N3CCN(c4ccc(Cl)cc4)CC3)nc(Cl)c21. The van der Waals surface area contributed by atoms with E-state index in [9.17, 15) is 8.42 Å². The van der Waals surface area contributed by atoms with Crippen molar-refractivity contribution in [3.05, 3.63) is 75.1 Å². The number of aromatic nitrogens is 4. The Kier molecular flexibility index (Phi) is 11.5. The number of rotatable bonds is 6. The summed E-state index contributed by atoms with van der Waals surface area (Å²) in [5.41, 5.74) is 4.20. The molecular formula is C38H44Cl3N9O2S2. The predicted octanol–water partition coefficient (Wildman–Crippen LogP) is 6.27. The van der Waals surface area contributed by atoms with E-state index in [0.29, 0.717) is 40.0 Å². The molecule has 54 heavy (non-hydrogen) atoms. The number of piperazine rings is 2. The van der Waals surface area contributed by atoms with Crippen molar-refractivity contribution >= 4 is 85.5 Å². The smallest absolute Gasteiger partial charge is 0.227 e. The first-order valence-electron chi connectivity index (χ1n) is 18.8. The van der Waals surface area contributed by atoms with Gasteiger partial charge in [0.2, 0.25) is 11.9 Å². The minimum Gasteiger partial charge on any atom is -0.368 e. The summed E-state index contributed by atoms with van der Waals surface area (Å²) in [5.74, 6) is 3.66. The zero-order valence-corrected chi connectivity index (χ0v) is 34.2. The zero-order chi connectivity index (χ0) is 37.3. The van der Waals surface area contributed by atoms with Crippen LogP contribution in [0.25, 0.3) is 0 Å². The van der Waals surface area contributed by atoms with Crippen LogP contribution < -0.4 is 24.5 Å². The molecule has 5 aliphatic heterocycles. The van der Waals surface area contributed by atoms with E-state index in [2.05, 4.69) is 53.5 Å². The highest BCUT2D eigenvalue weighted by atomic mass is 35.5. The Hall–Kier alpha value is -3.23. The summed E-state index contributed by atoms with van der Waals surface area (Å²) in [7, 11) is -2.02. The molecule has 286 valence electrons. The van der Waals surface area contributed by atoms with Crippen molar-refractivity contribution in [1.29, 1.82) is 0 Å². The van der Waals surface area contributed by atoms with Gasteiger partial charge < -0.3 is 24.5 Å². The van der Waals surface area contributed by atoms with Gasteiger partial charge in [0.1, 0.15) is 4.90 Å². The van der Waals surface area contributed by atoms with Crippen molar-refractivity contribution in [2.24, 2.45) is 0 Å². The largest absolute Gasteiger partial charge is 0.368 e. The summed E-state index contributed by atoms with van der Waals surface area (Å²) >= 11 is 18.2. The fraction of sp³-hybridized carbons (Fsp3) is 0.474. The van der Waals surface area contributed by atoms with Crippen LogP contribution in [-0.2, 0) is 34.4 Å². The van der Waals surface area contributed by atoms with Gasteiger partial charge in [-0.25, -0.2) is 9.97 Å². The van der Waals surface area contributed by atoms with Crippen molar-refractivity contribution < 1.29 is 8.42 Å². The van der Waals surface area contributed by atoms with Crippen LogP contribution in [0.15, 0.2) is 58.3 Å². The van der Waals surface area contributed by atoms with Crippen LogP contribution in [0.3, 0.4) is 0 Å². The van der Waals surface area contributed by atoms with E-state index in [0.717, 1.165) is 110 Å². The molecule has 2 aromatic heterocycles. The van der Waals surface area contributed by atoms with Crippen LogP contribution in [0.2, 0.25) is 15.2 Å². The van der Waals surface area contributed by atoms with E-state index in [4.69, 9.17) is 44.8 Å². The quantitative estimate of drug-likeness (QED) is 0.206. The maximum absolute atomic E-state index is 12.7. The molecule has 3 atom stereocenters. The van der Waals surface area contributed by atoms with Crippen LogP contribution in [-0.4, -0.2) is 105 Å². The maximum Gasteiger partial charge on any atom is 0.227 e. The average Bonchev–Trinajstić information content (AvgIpc) is 3.94. The first-order chi connectivity index (χ1) is 26.2. The third-order valence-corrected chi connectivity index (χ3v) is 14.7. The van der Waals surface area contributed by atoms with E-state index in [1.54, 1.807) is 0 Å². The van der Waals surface area contributed by atoms with Crippen LogP contribution >= 0.6 is 34.8 Å².